The summed E-state index contributed by atoms with van der Waals surface area (Å²) in [6, 6.07) is 0. The Morgan fingerprint density at radius 3 is 2.50 bits per heavy atom. The Hall–Kier alpha value is -1.39. The van der Waals surface area contributed by atoms with Crippen molar-refractivity contribution < 1.29 is 32.6 Å². The number of carbonyl (C=O) groups is 2. The molecule has 3 N–H and O–H groups in total. The molecule has 0 bridgehead atoms. The van der Waals surface area contributed by atoms with E-state index in [1.165, 1.54) is 4.72 Å². The van der Waals surface area contributed by atoms with Gasteiger partial charge in [0.1, 0.15) is 6.61 Å². The lowest BCUT2D eigenvalue weighted by Crippen LogP contribution is -2.41. The Balaban J connectivity index is 3.75. The smallest absolute Gasteiger partial charge is 0.421 e. The molecule has 0 aliphatic carbocycles. The Morgan fingerprint density at radius 1 is 1.38 bits per heavy atom. The molecule has 0 unspecified atom stereocenters. The van der Waals surface area contributed by atoms with Gasteiger partial charge >= 0.3 is 22.3 Å². The van der Waals surface area contributed by atoms with Gasteiger partial charge in [-0.3, -0.25) is 0 Å². The summed E-state index contributed by atoms with van der Waals surface area (Å²) in [6.07, 6.45) is -1.13. The molecule has 0 aromatic carbocycles. The van der Waals surface area contributed by atoms with Crippen molar-refractivity contribution in [1.82, 2.24) is 9.44 Å². The van der Waals surface area contributed by atoms with Gasteiger partial charge in [-0.2, -0.15) is 13.1 Å². The van der Waals surface area contributed by atoms with E-state index < -0.39 is 28.9 Å². The van der Waals surface area contributed by atoms with Gasteiger partial charge in [0.2, 0.25) is 0 Å². The van der Waals surface area contributed by atoms with Crippen molar-refractivity contribution in [2.45, 2.75) is 0 Å². The van der Waals surface area contributed by atoms with Gasteiger partial charge in [-0.05, 0) is 0 Å². The number of rotatable bonds is 7. The summed E-state index contributed by atoms with van der Waals surface area (Å²) >= 11 is 0. The van der Waals surface area contributed by atoms with Crippen molar-refractivity contribution in [3.8, 4) is 0 Å². The molecule has 0 saturated heterocycles. The minimum atomic E-state index is -4.00. The van der Waals surface area contributed by atoms with Crippen LogP contribution in [-0.4, -0.2) is 52.5 Å². The zero-order valence-electron chi connectivity index (χ0n) is 8.43. The van der Waals surface area contributed by atoms with Crippen LogP contribution < -0.4 is 9.44 Å². The molecule has 0 saturated carbocycles. The lowest BCUT2D eigenvalue weighted by atomic mass is 10.7. The maximum Gasteiger partial charge on any atom is 0.421 e. The maximum atomic E-state index is 11.0. The monoisotopic (exact) mass is 256 g/mol. The zero-order valence-corrected chi connectivity index (χ0v) is 9.24. The fraction of sp³-hybridized carbons (Fsp3) is 0.667. The molecule has 94 valence electrons. The molecule has 0 heterocycles. The van der Waals surface area contributed by atoms with E-state index in [1.807, 2.05) is 4.72 Å². The van der Waals surface area contributed by atoms with Gasteiger partial charge in [-0.1, -0.05) is 0 Å². The number of nitrogens with one attached hydrogen (secondary N) is 2. The highest BCUT2D eigenvalue weighted by atomic mass is 32.2. The molecule has 0 fully saturated rings. The van der Waals surface area contributed by atoms with Gasteiger partial charge in [0.15, 0.2) is 0 Å². The zero-order chi connectivity index (χ0) is 12.6. The van der Waals surface area contributed by atoms with E-state index in [-0.39, 0.29) is 13.2 Å². The lowest BCUT2D eigenvalue weighted by Gasteiger charge is -2.06. The summed E-state index contributed by atoms with van der Waals surface area (Å²) < 4.78 is 34.1. The molecule has 1 amide bonds. The first-order valence-electron chi connectivity index (χ1n) is 4.02. The first-order chi connectivity index (χ1) is 7.37. The van der Waals surface area contributed by atoms with Gasteiger partial charge in [0, 0.05) is 6.54 Å². The van der Waals surface area contributed by atoms with Gasteiger partial charge in [0.05, 0.1) is 13.7 Å². The van der Waals surface area contributed by atoms with Crippen molar-refractivity contribution in [2.24, 2.45) is 0 Å². The van der Waals surface area contributed by atoms with Crippen LogP contribution in [0.4, 0.5) is 4.79 Å². The molecule has 16 heavy (non-hydrogen) atoms. The summed E-state index contributed by atoms with van der Waals surface area (Å²) in [5.41, 5.74) is 0. The van der Waals surface area contributed by atoms with Gasteiger partial charge < -0.3 is 14.6 Å². The minimum Gasteiger partial charge on any atom is -0.480 e. The van der Waals surface area contributed by atoms with E-state index in [2.05, 4.69) is 9.47 Å². The van der Waals surface area contributed by atoms with Crippen molar-refractivity contribution in [1.29, 1.82) is 0 Å². The number of amides is 1. The number of carboxylic acid groups (broad SMARTS) is 1. The molecule has 0 aromatic rings. The molecule has 9 nitrogen and oxygen atoms in total. The predicted octanol–water partition coefficient (Wildman–Crippen LogP) is -1.72. The van der Waals surface area contributed by atoms with Crippen LogP contribution in [0.5, 0.6) is 0 Å². The third-order valence-corrected chi connectivity index (χ3v) is 2.19. The van der Waals surface area contributed by atoms with Gasteiger partial charge in [0.25, 0.3) is 0 Å². The Bertz CT molecular complexity index is 339. The second-order valence-electron chi connectivity index (χ2n) is 2.44. The second kappa shape index (κ2) is 6.98. The average Bonchev–Trinajstić information content (AvgIpc) is 2.15. The first kappa shape index (κ1) is 14.6. The summed E-state index contributed by atoms with van der Waals surface area (Å²) in [7, 11) is -2.98. The molecule has 0 radical (unpaired) electrons. The standard InChI is InChI=1S/C6H12N2O7S/c1-14-6(11)8-16(12,13)7-2-3-15-4-5(9)10/h7H,2-4H2,1H3,(H,8,11)(H,9,10). The van der Waals surface area contributed by atoms with Crippen LogP contribution in [0, 0.1) is 0 Å². The Morgan fingerprint density at radius 2 is 2.00 bits per heavy atom. The summed E-state index contributed by atoms with van der Waals surface area (Å²) in [6.45, 7) is -0.819. The predicted molar refractivity (Wildman–Crippen MR) is 50.9 cm³/mol. The highest BCUT2D eigenvalue weighted by Gasteiger charge is 2.13. The van der Waals surface area contributed by atoms with Crippen molar-refractivity contribution in [3.63, 3.8) is 0 Å². The molecule has 0 spiro atoms. The van der Waals surface area contributed by atoms with E-state index in [4.69, 9.17) is 5.11 Å². The molecule has 0 aliphatic heterocycles. The number of carboxylic acids is 1. The first-order valence-corrected chi connectivity index (χ1v) is 5.50. The van der Waals surface area contributed by atoms with E-state index >= 15 is 0 Å². The van der Waals surface area contributed by atoms with Crippen molar-refractivity contribution in [2.75, 3.05) is 26.9 Å². The maximum absolute atomic E-state index is 11.0. The molecule has 0 aliphatic rings. The Labute approximate surface area is 91.9 Å². The normalized spacial score (nSPS) is 10.8. The topological polar surface area (TPSA) is 131 Å². The number of hydrogen-bond acceptors (Lipinski definition) is 6. The van der Waals surface area contributed by atoms with Crippen LogP contribution in [-0.2, 0) is 24.5 Å². The largest absolute Gasteiger partial charge is 0.480 e. The fourth-order valence-corrected chi connectivity index (χ4v) is 1.32. The number of carbonyl (C=O) groups excluding carboxylic acids is 1. The lowest BCUT2D eigenvalue weighted by molar-refractivity contribution is -0.142. The van der Waals surface area contributed by atoms with E-state index in [9.17, 15) is 18.0 Å². The van der Waals surface area contributed by atoms with Crippen molar-refractivity contribution in [3.05, 3.63) is 0 Å². The number of hydrogen-bond donors (Lipinski definition) is 3. The van der Waals surface area contributed by atoms with E-state index in [1.54, 1.807) is 0 Å². The van der Waals surface area contributed by atoms with Crippen LogP contribution in [0.2, 0.25) is 0 Å². The van der Waals surface area contributed by atoms with Crippen LogP contribution in [0.3, 0.4) is 0 Å². The molecule has 0 aromatic heterocycles. The Kier molecular flexibility index (Phi) is 6.37. The van der Waals surface area contributed by atoms with Crippen LogP contribution in [0.1, 0.15) is 0 Å². The molecule has 10 heteroatoms. The third-order valence-electron chi connectivity index (χ3n) is 1.17. The highest BCUT2D eigenvalue weighted by Crippen LogP contribution is 1.80. The number of methoxy groups -OCH3 is 1. The SMILES string of the molecule is COC(=O)NS(=O)(=O)NCCOCC(=O)O. The van der Waals surface area contributed by atoms with Crippen LogP contribution >= 0.6 is 0 Å². The van der Waals surface area contributed by atoms with Crippen molar-refractivity contribution >= 4 is 22.3 Å². The summed E-state index contributed by atoms with van der Waals surface area (Å²) in [5.74, 6) is -1.16. The molecular weight excluding hydrogens is 244 g/mol. The second-order valence-corrected chi connectivity index (χ2v) is 3.94. The summed E-state index contributed by atoms with van der Waals surface area (Å²) in [5, 5.41) is 8.19. The van der Waals surface area contributed by atoms with E-state index in [0.717, 1.165) is 7.11 Å². The highest BCUT2D eigenvalue weighted by molar-refractivity contribution is 7.88. The number of aliphatic carboxylic acids is 1. The van der Waals surface area contributed by atoms with Gasteiger partial charge in [-0.15, -0.1) is 0 Å². The van der Waals surface area contributed by atoms with E-state index in [0.29, 0.717) is 0 Å². The minimum absolute atomic E-state index is 0.131. The number of ether oxygens (including phenoxy) is 2. The molecular formula is C6H12N2O7S. The molecule has 0 rings (SSSR count). The fourth-order valence-electron chi connectivity index (χ4n) is 0.595. The quantitative estimate of drug-likeness (QED) is 0.461. The van der Waals surface area contributed by atoms with Gasteiger partial charge in [-0.25, -0.2) is 14.3 Å². The summed E-state index contributed by atoms with van der Waals surface area (Å²) in [4.78, 5) is 20.6. The average molecular weight is 256 g/mol. The van der Waals surface area contributed by atoms with Crippen LogP contribution in [0.25, 0.3) is 0 Å². The third kappa shape index (κ3) is 7.96. The van der Waals surface area contributed by atoms with Crippen LogP contribution in [0.15, 0.2) is 0 Å². The molecule has 0 atom stereocenters.